The summed E-state index contributed by atoms with van der Waals surface area (Å²) in [5, 5.41) is 0. The maximum atomic E-state index is 6.62. The molecule has 2 aromatic rings. The second-order valence-electron chi connectivity index (χ2n) is 6.79. The molecule has 0 heterocycles. The van der Waals surface area contributed by atoms with Gasteiger partial charge in [-0.3, -0.25) is 0 Å². The molecule has 4 rings (SSSR count). The Labute approximate surface area is 127 Å². The molecule has 1 nitrogen and oxygen atoms in total. The minimum Gasteiger partial charge on any atom is -0.327 e. The molecular formula is C20H23N. The Hall–Kier alpha value is -1.60. The van der Waals surface area contributed by atoms with Gasteiger partial charge in [0.25, 0.3) is 0 Å². The SMILES string of the molecule is NC(Cc1ccc2c(c1)CCC2)C1(c2ccccc2)CC1. The van der Waals surface area contributed by atoms with Crippen LogP contribution in [-0.4, -0.2) is 6.04 Å². The Bertz CT molecular complexity index is 640. The molecule has 0 radical (unpaired) electrons. The van der Waals surface area contributed by atoms with Crippen LogP contribution in [0.5, 0.6) is 0 Å². The van der Waals surface area contributed by atoms with Crippen molar-refractivity contribution in [2.24, 2.45) is 5.73 Å². The second kappa shape index (κ2) is 4.99. The molecular weight excluding hydrogens is 254 g/mol. The van der Waals surface area contributed by atoms with Crippen molar-refractivity contribution < 1.29 is 0 Å². The van der Waals surface area contributed by atoms with Crippen LogP contribution in [0.4, 0.5) is 0 Å². The fourth-order valence-electron chi connectivity index (χ4n) is 3.98. The van der Waals surface area contributed by atoms with Gasteiger partial charge in [0.05, 0.1) is 0 Å². The summed E-state index contributed by atoms with van der Waals surface area (Å²) in [4.78, 5) is 0. The molecule has 108 valence electrons. The van der Waals surface area contributed by atoms with Crippen LogP contribution in [0.1, 0.15) is 41.5 Å². The van der Waals surface area contributed by atoms with Gasteiger partial charge in [0, 0.05) is 11.5 Å². The summed E-state index contributed by atoms with van der Waals surface area (Å²) in [6.45, 7) is 0. The molecule has 21 heavy (non-hydrogen) atoms. The fraction of sp³-hybridized carbons (Fsp3) is 0.400. The maximum Gasteiger partial charge on any atom is 0.0177 e. The number of benzene rings is 2. The summed E-state index contributed by atoms with van der Waals surface area (Å²) in [6.07, 6.45) is 7.31. The van der Waals surface area contributed by atoms with Gasteiger partial charge in [-0.15, -0.1) is 0 Å². The molecule has 2 N–H and O–H groups in total. The van der Waals surface area contributed by atoms with E-state index < -0.39 is 0 Å². The van der Waals surface area contributed by atoms with Crippen molar-refractivity contribution in [3.63, 3.8) is 0 Å². The van der Waals surface area contributed by atoms with Gasteiger partial charge in [0.1, 0.15) is 0 Å². The third-order valence-corrected chi connectivity index (χ3v) is 5.47. The van der Waals surface area contributed by atoms with Gasteiger partial charge in [-0.25, -0.2) is 0 Å². The van der Waals surface area contributed by atoms with E-state index >= 15 is 0 Å². The van der Waals surface area contributed by atoms with Crippen molar-refractivity contribution >= 4 is 0 Å². The van der Waals surface area contributed by atoms with Crippen LogP contribution in [0, 0.1) is 0 Å². The maximum absolute atomic E-state index is 6.62. The summed E-state index contributed by atoms with van der Waals surface area (Å²) in [7, 11) is 0. The zero-order valence-electron chi connectivity index (χ0n) is 12.5. The first-order valence-electron chi connectivity index (χ1n) is 8.20. The predicted molar refractivity (Wildman–Crippen MR) is 87.5 cm³/mol. The number of hydrogen-bond donors (Lipinski definition) is 1. The highest BCUT2D eigenvalue weighted by atomic mass is 14.7. The van der Waals surface area contributed by atoms with Gasteiger partial charge in [0.2, 0.25) is 0 Å². The van der Waals surface area contributed by atoms with Crippen LogP contribution < -0.4 is 5.73 Å². The van der Waals surface area contributed by atoms with E-state index in [-0.39, 0.29) is 11.5 Å². The number of nitrogens with two attached hydrogens (primary N) is 1. The number of fused-ring (bicyclic) bond motifs is 1. The molecule has 2 aliphatic rings. The van der Waals surface area contributed by atoms with Crippen molar-refractivity contribution in [3.8, 4) is 0 Å². The highest BCUT2D eigenvalue weighted by Crippen LogP contribution is 2.51. The Morgan fingerprint density at radius 3 is 2.48 bits per heavy atom. The summed E-state index contributed by atoms with van der Waals surface area (Å²) in [6, 6.07) is 18.1. The molecule has 1 heteroatoms. The van der Waals surface area contributed by atoms with Crippen LogP contribution in [0.2, 0.25) is 0 Å². The lowest BCUT2D eigenvalue weighted by Crippen LogP contribution is -2.36. The van der Waals surface area contributed by atoms with E-state index in [9.17, 15) is 0 Å². The molecule has 0 bridgehead atoms. The van der Waals surface area contributed by atoms with Crippen LogP contribution in [0.25, 0.3) is 0 Å². The molecule has 0 saturated heterocycles. The third-order valence-electron chi connectivity index (χ3n) is 5.47. The molecule has 1 atom stereocenters. The number of rotatable bonds is 4. The standard InChI is InChI=1S/C20H23N/c21-19(20(11-12-20)18-7-2-1-3-8-18)14-15-9-10-16-5-4-6-17(16)13-15/h1-3,7-10,13,19H,4-6,11-12,14,21H2. The topological polar surface area (TPSA) is 26.0 Å². The first-order chi connectivity index (χ1) is 10.3. The Kier molecular flexibility index (Phi) is 3.11. The van der Waals surface area contributed by atoms with Gasteiger partial charge in [-0.05, 0) is 60.8 Å². The van der Waals surface area contributed by atoms with Crippen molar-refractivity contribution in [3.05, 3.63) is 70.8 Å². The minimum absolute atomic E-state index is 0.236. The normalized spacial score (nSPS) is 20.0. The number of aryl methyl sites for hydroxylation is 2. The average Bonchev–Trinajstić information content (AvgIpc) is 3.21. The Morgan fingerprint density at radius 2 is 1.71 bits per heavy atom. The summed E-state index contributed by atoms with van der Waals surface area (Å²) in [5.41, 5.74) is 12.8. The minimum atomic E-state index is 0.236. The van der Waals surface area contributed by atoms with Crippen molar-refractivity contribution in [2.45, 2.75) is 50.0 Å². The average molecular weight is 277 g/mol. The lowest BCUT2D eigenvalue weighted by molar-refractivity contribution is 0.514. The van der Waals surface area contributed by atoms with E-state index in [1.165, 1.54) is 43.2 Å². The van der Waals surface area contributed by atoms with Gasteiger partial charge in [-0.2, -0.15) is 0 Å². The molecule has 0 spiro atoms. The van der Waals surface area contributed by atoms with E-state index in [1.54, 1.807) is 11.1 Å². The molecule has 1 saturated carbocycles. The first kappa shape index (κ1) is 13.1. The lowest BCUT2D eigenvalue weighted by Gasteiger charge is -2.24. The smallest absolute Gasteiger partial charge is 0.0177 e. The zero-order chi connectivity index (χ0) is 14.3. The largest absolute Gasteiger partial charge is 0.327 e. The molecule has 1 unspecified atom stereocenters. The molecule has 0 aromatic heterocycles. The van der Waals surface area contributed by atoms with Gasteiger partial charge < -0.3 is 5.73 Å². The van der Waals surface area contributed by atoms with Crippen molar-refractivity contribution in [1.82, 2.24) is 0 Å². The number of hydrogen-bond acceptors (Lipinski definition) is 1. The summed E-state index contributed by atoms with van der Waals surface area (Å²) >= 11 is 0. The summed E-state index contributed by atoms with van der Waals surface area (Å²) in [5.74, 6) is 0. The Balaban J connectivity index is 1.55. The van der Waals surface area contributed by atoms with Crippen LogP contribution >= 0.6 is 0 Å². The molecule has 0 aliphatic heterocycles. The fourth-order valence-corrected chi connectivity index (χ4v) is 3.98. The second-order valence-corrected chi connectivity index (χ2v) is 6.79. The van der Waals surface area contributed by atoms with Crippen molar-refractivity contribution in [2.75, 3.05) is 0 Å². The zero-order valence-corrected chi connectivity index (χ0v) is 12.5. The van der Waals surface area contributed by atoms with E-state index in [2.05, 4.69) is 48.5 Å². The molecule has 0 amide bonds. The van der Waals surface area contributed by atoms with Crippen LogP contribution in [0.3, 0.4) is 0 Å². The van der Waals surface area contributed by atoms with E-state index in [0.717, 1.165) is 6.42 Å². The molecule has 2 aliphatic carbocycles. The van der Waals surface area contributed by atoms with E-state index in [1.807, 2.05) is 0 Å². The lowest BCUT2D eigenvalue weighted by atomic mass is 9.85. The Morgan fingerprint density at radius 1 is 0.952 bits per heavy atom. The molecule has 2 aromatic carbocycles. The monoisotopic (exact) mass is 277 g/mol. The van der Waals surface area contributed by atoms with Gasteiger partial charge >= 0.3 is 0 Å². The third kappa shape index (κ3) is 2.30. The highest BCUT2D eigenvalue weighted by molar-refractivity contribution is 5.38. The quantitative estimate of drug-likeness (QED) is 0.904. The highest BCUT2D eigenvalue weighted by Gasteiger charge is 2.48. The predicted octanol–water partition coefficient (Wildman–Crippen LogP) is 3.78. The van der Waals surface area contributed by atoms with E-state index in [0.29, 0.717) is 0 Å². The van der Waals surface area contributed by atoms with Crippen molar-refractivity contribution in [1.29, 1.82) is 0 Å². The van der Waals surface area contributed by atoms with Gasteiger partial charge in [-0.1, -0.05) is 48.5 Å². The molecule has 1 fully saturated rings. The summed E-state index contributed by atoms with van der Waals surface area (Å²) < 4.78 is 0. The van der Waals surface area contributed by atoms with E-state index in [4.69, 9.17) is 5.73 Å². The van der Waals surface area contributed by atoms with Crippen LogP contribution in [0.15, 0.2) is 48.5 Å². The van der Waals surface area contributed by atoms with Gasteiger partial charge in [0.15, 0.2) is 0 Å². The van der Waals surface area contributed by atoms with Crippen LogP contribution in [-0.2, 0) is 24.7 Å². The first-order valence-corrected chi connectivity index (χ1v) is 8.20.